The first-order chi connectivity index (χ1) is 9.54. The summed E-state index contributed by atoms with van der Waals surface area (Å²) in [5.41, 5.74) is 7.32. The Balaban J connectivity index is 2.29. The van der Waals surface area contributed by atoms with Gasteiger partial charge < -0.3 is 10.6 Å². The molecule has 0 radical (unpaired) electrons. The molecule has 1 amide bonds. The number of rotatable bonds is 4. The molecule has 0 spiro atoms. The summed E-state index contributed by atoms with van der Waals surface area (Å²) in [4.78, 5) is 15.9. The van der Waals surface area contributed by atoms with E-state index in [0.29, 0.717) is 11.6 Å². The van der Waals surface area contributed by atoms with Gasteiger partial charge in [-0.3, -0.25) is 9.69 Å². The van der Waals surface area contributed by atoms with E-state index >= 15 is 0 Å². The second-order valence-electron chi connectivity index (χ2n) is 5.32. The molecule has 1 saturated heterocycles. The van der Waals surface area contributed by atoms with Crippen molar-refractivity contribution in [1.29, 1.82) is 0 Å². The van der Waals surface area contributed by atoms with Crippen LogP contribution in [0.1, 0.15) is 24.9 Å². The lowest BCUT2D eigenvalue weighted by atomic mass is 9.95. The molecule has 20 heavy (non-hydrogen) atoms. The van der Waals surface area contributed by atoms with E-state index < -0.39 is 0 Å². The van der Waals surface area contributed by atoms with Crippen LogP contribution < -0.4 is 5.73 Å². The third-order valence-electron chi connectivity index (χ3n) is 3.98. The monoisotopic (exact) mass is 295 g/mol. The minimum absolute atomic E-state index is 0.00801. The lowest BCUT2D eigenvalue weighted by molar-refractivity contribution is -0.135. The van der Waals surface area contributed by atoms with Crippen LogP contribution in [0.25, 0.3) is 0 Å². The summed E-state index contributed by atoms with van der Waals surface area (Å²) in [5, 5.41) is 0.716. The summed E-state index contributed by atoms with van der Waals surface area (Å²) in [5.74, 6) is 0.136. The fourth-order valence-corrected chi connectivity index (χ4v) is 2.90. The molecule has 0 saturated carbocycles. The molecule has 4 nitrogen and oxygen atoms in total. The molecule has 2 unspecified atom stereocenters. The molecule has 2 N–H and O–H groups in total. The maximum atomic E-state index is 11.9. The Morgan fingerprint density at radius 1 is 1.35 bits per heavy atom. The summed E-state index contributed by atoms with van der Waals surface area (Å²) in [6.07, 6.45) is 0.844. The molecule has 1 aromatic rings. The van der Waals surface area contributed by atoms with E-state index in [-0.39, 0.29) is 18.0 Å². The Morgan fingerprint density at radius 3 is 2.65 bits per heavy atom. The number of piperazine rings is 1. The number of carbonyl (C=O) groups is 1. The number of hydrogen-bond donors (Lipinski definition) is 1. The summed E-state index contributed by atoms with van der Waals surface area (Å²) in [6, 6.07) is 7.72. The van der Waals surface area contributed by atoms with Gasteiger partial charge in [0.05, 0.1) is 12.6 Å². The second kappa shape index (κ2) is 6.57. The molecule has 1 aromatic carbocycles. The average molecular weight is 296 g/mol. The van der Waals surface area contributed by atoms with Gasteiger partial charge >= 0.3 is 0 Å². The highest BCUT2D eigenvalue weighted by Crippen LogP contribution is 2.31. The highest BCUT2D eigenvalue weighted by Gasteiger charge is 2.32. The van der Waals surface area contributed by atoms with Gasteiger partial charge in [-0.15, -0.1) is 0 Å². The van der Waals surface area contributed by atoms with E-state index in [1.807, 2.05) is 31.3 Å². The number of halogens is 1. The third kappa shape index (κ3) is 3.14. The Kier molecular flexibility index (Phi) is 5.02. The average Bonchev–Trinajstić information content (AvgIpc) is 2.44. The minimum Gasteiger partial charge on any atom is -0.343 e. The van der Waals surface area contributed by atoms with Crippen LogP contribution in [0.2, 0.25) is 5.02 Å². The standard InChI is InChI=1S/C15H22ClN3O/c1-3-13(17)15(11-6-4-5-7-12(11)16)19-9-8-18(2)14(20)10-19/h4-7,13,15H,3,8-10,17H2,1-2H3. The molecule has 1 heterocycles. The fourth-order valence-electron chi connectivity index (χ4n) is 2.65. The number of likely N-dealkylation sites (N-methyl/N-ethyl adjacent to an activating group) is 1. The fraction of sp³-hybridized carbons (Fsp3) is 0.533. The van der Waals surface area contributed by atoms with Gasteiger partial charge in [0.15, 0.2) is 0 Å². The maximum Gasteiger partial charge on any atom is 0.236 e. The van der Waals surface area contributed by atoms with Gasteiger partial charge in [0, 0.05) is 31.2 Å². The molecule has 2 rings (SSSR count). The van der Waals surface area contributed by atoms with Crippen LogP contribution in [0, 0.1) is 0 Å². The third-order valence-corrected chi connectivity index (χ3v) is 4.33. The summed E-state index contributed by atoms with van der Waals surface area (Å²) >= 11 is 6.33. The van der Waals surface area contributed by atoms with E-state index in [1.54, 1.807) is 4.90 Å². The van der Waals surface area contributed by atoms with E-state index in [1.165, 1.54) is 0 Å². The van der Waals surface area contributed by atoms with Crippen LogP contribution in [-0.2, 0) is 4.79 Å². The summed E-state index contributed by atoms with van der Waals surface area (Å²) in [6.45, 7) is 4.02. The zero-order chi connectivity index (χ0) is 14.7. The van der Waals surface area contributed by atoms with Crippen molar-refractivity contribution < 1.29 is 4.79 Å². The number of hydrogen-bond acceptors (Lipinski definition) is 3. The highest BCUT2D eigenvalue weighted by molar-refractivity contribution is 6.31. The quantitative estimate of drug-likeness (QED) is 0.923. The van der Waals surface area contributed by atoms with Crippen molar-refractivity contribution in [2.24, 2.45) is 5.73 Å². The number of nitrogens with zero attached hydrogens (tertiary/aromatic N) is 2. The van der Waals surface area contributed by atoms with Crippen molar-refractivity contribution in [3.63, 3.8) is 0 Å². The molecular formula is C15H22ClN3O. The lowest BCUT2D eigenvalue weighted by Gasteiger charge is -2.40. The Labute approximate surface area is 125 Å². The van der Waals surface area contributed by atoms with Crippen molar-refractivity contribution in [3.8, 4) is 0 Å². The molecule has 1 aliphatic heterocycles. The van der Waals surface area contributed by atoms with Crippen molar-refractivity contribution in [1.82, 2.24) is 9.80 Å². The van der Waals surface area contributed by atoms with Gasteiger partial charge in [-0.05, 0) is 18.1 Å². The lowest BCUT2D eigenvalue weighted by Crippen LogP contribution is -2.53. The Bertz CT molecular complexity index is 480. The largest absolute Gasteiger partial charge is 0.343 e. The normalized spacial score (nSPS) is 20.0. The number of carbonyl (C=O) groups excluding carboxylic acids is 1. The first kappa shape index (κ1) is 15.3. The van der Waals surface area contributed by atoms with E-state index in [4.69, 9.17) is 17.3 Å². The number of benzene rings is 1. The van der Waals surface area contributed by atoms with E-state index in [2.05, 4.69) is 11.8 Å². The number of amides is 1. The van der Waals surface area contributed by atoms with Crippen LogP contribution in [-0.4, -0.2) is 48.4 Å². The Hall–Kier alpha value is -1.10. The SMILES string of the molecule is CCC(N)C(c1ccccc1Cl)N1CCN(C)C(=O)C1. The van der Waals surface area contributed by atoms with Gasteiger partial charge in [0.1, 0.15) is 0 Å². The van der Waals surface area contributed by atoms with Gasteiger partial charge in [-0.1, -0.05) is 36.7 Å². The predicted octanol–water partition coefficient (Wildman–Crippen LogP) is 1.89. The summed E-state index contributed by atoms with van der Waals surface area (Å²) < 4.78 is 0. The number of nitrogens with two attached hydrogens (primary N) is 1. The molecule has 0 aromatic heterocycles. The smallest absolute Gasteiger partial charge is 0.236 e. The topological polar surface area (TPSA) is 49.6 Å². The van der Waals surface area contributed by atoms with Crippen LogP contribution in [0.15, 0.2) is 24.3 Å². The van der Waals surface area contributed by atoms with Crippen molar-refractivity contribution in [2.75, 3.05) is 26.7 Å². The maximum absolute atomic E-state index is 11.9. The second-order valence-corrected chi connectivity index (χ2v) is 5.73. The molecule has 1 aliphatic rings. The van der Waals surface area contributed by atoms with Gasteiger partial charge in [-0.25, -0.2) is 0 Å². The molecule has 0 bridgehead atoms. The predicted molar refractivity (Wildman–Crippen MR) is 81.7 cm³/mol. The molecule has 1 fully saturated rings. The van der Waals surface area contributed by atoms with Crippen molar-refractivity contribution in [3.05, 3.63) is 34.9 Å². The molecule has 110 valence electrons. The summed E-state index contributed by atoms with van der Waals surface area (Å²) in [7, 11) is 1.84. The first-order valence-corrected chi connectivity index (χ1v) is 7.40. The van der Waals surface area contributed by atoms with Crippen molar-refractivity contribution >= 4 is 17.5 Å². The van der Waals surface area contributed by atoms with E-state index in [0.717, 1.165) is 25.1 Å². The van der Waals surface area contributed by atoms with Crippen molar-refractivity contribution in [2.45, 2.75) is 25.4 Å². The van der Waals surface area contributed by atoms with Crippen LogP contribution in [0.3, 0.4) is 0 Å². The van der Waals surface area contributed by atoms with Gasteiger partial charge in [0.25, 0.3) is 0 Å². The van der Waals surface area contributed by atoms with Crippen LogP contribution in [0.4, 0.5) is 0 Å². The van der Waals surface area contributed by atoms with E-state index in [9.17, 15) is 4.79 Å². The highest BCUT2D eigenvalue weighted by atomic mass is 35.5. The van der Waals surface area contributed by atoms with Crippen LogP contribution >= 0.6 is 11.6 Å². The minimum atomic E-state index is -0.0360. The molecule has 0 aliphatic carbocycles. The molecule has 2 atom stereocenters. The first-order valence-electron chi connectivity index (χ1n) is 7.02. The Morgan fingerprint density at radius 2 is 2.05 bits per heavy atom. The zero-order valence-electron chi connectivity index (χ0n) is 12.1. The molecular weight excluding hydrogens is 274 g/mol. The van der Waals surface area contributed by atoms with Gasteiger partial charge in [-0.2, -0.15) is 0 Å². The molecule has 5 heteroatoms. The van der Waals surface area contributed by atoms with Gasteiger partial charge in [0.2, 0.25) is 5.91 Å². The zero-order valence-corrected chi connectivity index (χ0v) is 12.8. The van der Waals surface area contributed by atoms with Crippen LogP contribution in [0.5, 0.6) is 0 Å².